The summed E-state index contributed by atoms with van der Waals surface area (Å²) < 4.78 is 5.18. The lowest BCUT2D eigenvalue weighted by Crippen LogP contribution is -2.20. The third-order valence-corrected chi connectivity index (χ3v) is 4.22. The van der Waals surface area contributed by atoms with Crippen molar-refractivity contribution in [3.8, 4) is 17.2 Å². The summed E-state index contributed by atoms with van der Waals surface area (Å²) in [7, 11) is 0. The Kier molecular flexibility index (Phi) is 4.10. The van der Waals surface area contributed by atoms with Crippen molar-refractivity contribution >= 4 is 5.97 Å². The van der Waals surface area contributed by atoms with Gasteiger partial charge in [-0.1, -0.05) is 12.1 Å². The van der Waals surface area contributed by atoms with Crippen LogP contribution in [0.4, 0.5) is 0 Å². The maximum atomic E-state index is 12.0. The summed E-state index contributed by atoms with van der Waals surface area (Å²) in [5, 5.41) is 29.0. The van der Waals surface area contributed by atoms with Gasteiger partial charge in [-0.05, 0) is 54.3 Å². The Morgan fingerprint density at radius 1 is 1.00 bits per heavy atom. The van der Waals surface area contributed by atoms with Gasteiger partial charge in [0.05, 0.1) is 12.5 Å². The lowest BCUT2D eigenvalue weighted by molar-refractivity contribution is -0.141. The lowest BCUT2D eigenvalue weighted by Gasteiger charge is -2.16. The van der Waals surface area contributed by atoms with E-state index < -0.39 is 0 Å². The molecular weight excluding hydrogens is 296 g/mol. The maximum absolute atomic E-state index is 12.0. The van der Waals surface area contributed by atoms with E-state index in [-0.39, 0.29) is 41.7 Å². The number of cyclic esters (lactones) is 1. The number of carbonyl (C=O) groups excluding carboxylic acids is 1. The summed E-state index contributed by atoms with van der Waals surface area (Å²) in [5.41, 5.74) is 1.45. The van der Waals surface area contributed by atoms with Gasteiger partial charge in [-0.25, -0.2) is 0 Å². The number of phenolic OH excluding ortho intramolecular Hbond substituents is 3. The van der Waals surface area contributed by atoms with Gasteiger partial charge in [0.25, 0.3) is 0 Å². The molecule has 3 N–H and O–H groups in total. The Hall–Kier alpha value is -2.69. The second-order valence-corrected chi connectivity index (χ2v) is 5.89. The Balaban J connectivity index is 1.78. The normalized spacial score (nSPS) is 20.4. The molecular formula is C18H18O5. The fourth-order valence-corrected chi connectivity index (χ4v) is 3.01. The molecule has 1 fully saturated rings. The van der Waals surface area contributed by atoms with Crippen LogP contribution in [0.2, 0.25) is 0 Å². The van der Waals surface area contributed by atoms with E-state index in [1.807, 2.05) is 6.07 Å². The molecule has 120 valence electrons. The molecule has 5 heteroatoms. The number of hydrogen-bond donors (Lipinski definition) is 3. The zero-order valence-electron chi connectivity index (χ0n) is 12.5. The predicted molar refractivity (Wildman–Crippen MR) is 83.2 cm³/mol. The van der Waals surface area contributed by atoms with Crippen LogP contribution in [-0.2, 0) is 22.4 Å². The molecule has 0 bridgehead atoms. The van der Waals surface area contributed by atoms with Crippen molar-refractivity contribution in [2.45, 2.75) is 12.8 Å². The topological polar surface area (TPSA) is 87.0 Å². The number of carbonyl (C=O) groups is 1. The molecule has 0 amide bonds. The Bertz CT molecular complexity index is 725. The number of benzene rings is 2. The van der Waals surface area contributed by atoms with Crippen LogP contribution < -0.4 is 0 Å². The summed E-state index contributed by atoms with van der Waals surface area (Å²) in [6.45, 7) is 0.289. The Morgan fingerprint density at radius 2 is 1.78 bits per heavy atom. The second kappa shape index (κ2) is 6.20. The predicted octanol–water partition coefficient (Wildman–Crippen LogP) is 2.38. The van der Waals surface area contributed by atoms with Crippen molar-refractivity contribution < 1.29 is 24.9 Å². The first-order valence-corrected chi connectivity index (χ1v) is 7.48. The highest BCUT2D eigenvalue weighted by molar-refractivity contribution is 5.75. The number of rotatable bonds is 4. The van der Waals surface area contributed by atoms with Crippen molar-refractivity contribution in [1.29, 1.82) is 0 Å². The van der Waals surface area contributed by atoms with E-state index in [9.17, 15) is 20.1 Å². The summed E-state index contributed by atoms with van der Waals surface area (Å²) in [4.78, 5) is 12.0. The highest BCUT2D eigenvalue weighted by Gasteiger charge is 2.37. The van der Waals surface area contributed by atoms with Crippen LogP contribution in [0, 0.1) is 11.8 Å². The van der Waals surface area contributed by atoms with Gasteiger partial charge in [0.15, 0.2) is 0 Å². The van der Waals surface area contributed by atoms with E-state index >= 15 is 0 Å². The van der Waals surface area contributed by atoms with Gasteiger partial charge in [-0.15, -0.1) is 0 Å². The quantitative estimate of drug-likeness (QED) is 0.596. The standard InChI is InChI=1S/C18H18O5/c19-14-3-1-2-11(6-14)7-16-13(10-23-18(16)22)8-12-9-15(20)4-5-17(12)21/h1-6,9,13,16,19-21H,7-8,10H2/t13-,16+/m0/s1. The van der Waals surface area contributed by atoms with Gasteiger partial charge >= 0.3 is 5.97 Å². The molecule has 2 aromatic carbocycles. The first-order valence-electron chi connectivity index (χ1n) is 7.48. The largest absolute Gasteiger partial charge is 0.508 e. The molecule has 1 saturated heterocycles. The Morgan fingerprint density at radius 3 is 2.57 bits per heavy atom. The lowest BCUT2D eigenvalue weighted by atomic mass is 9.85. The highest BCUT2D eigenvalue weighted by atomic mass is 16.5. The van der Waals surface area contributed by atoms with Crippen LogP contribution in [0.5, 0.6) is 17.2 Å². The van der Waals surface area contributed by atoms with E-state index in [1.54, 1.807) is 18.2 Å². The van der Waals surface area contributed by atoms with Crippen molar-refractivity contribution in [2.24, 2.45) is 11.8 Å². The minimum Gasteiger partial charge on any atom is -0.508 e. The third-order valence-electron chi connectivity index (χ3n) is 4.22. The van der Waals surface area contributed by atoms with Gasteiger partial charge in [0.1, 0.15) is 17.2 Å². The third kappa shape index (κ3) is 3.39. The zero-order chi connectivity index (χ0) is 16.4. The fourth-order valence-electron chi connectivity index (χ4n) is 3.01. The van der Waals surface area contributed by atoms with Crippen LogP contribution in [0.25, 0.3) is 0 Å². The smallest absolute Gasteiger partial charge is 0.309 e. The van der Waals surface area contributed by atoms with Gasteiger partial charge in [-0.2, -0.15) is 0 Å². The number of phenols is 3. The molecule has 1 aliphatic heterocycles. The first-order chi connectivity index (χ1) is 11.0. The van der Waals surface area contributed by atoms with Crippen molar-refractivity contribution in [3.05, 3.63) is 53.6 Å². The maximum Gasteiger partial charge on any atom is 0.309 e. The summed E-state index contributed by atoms with van der Waals surface area (Å²) in [5.74, 6) is -0.351. The Labute approximate surface area is 133 Å². The second-order valence-electron chi connectivity index (χ2n) is 5.89. The molecule has 1 aliphatic rings. The fraction of sp³-hybridized carbons (Fsp3) is 0.278. The van der Waals surface area contributed by atoms with Crippen molar-refractivity contribution in [3.63, 3.8) is 0 Å². The number of aromatic hydroxyl groups is 3. The van der Waals surface area contributed by atoms with Crippen LogP contribution in [0.1, 0.15) is 11.1 Å². The molecule has 0 radical (unpaired) electrons. The van der Waals surface area contributed by atoms with Crippen LogP contribution in [-0.4, -0.2) is 27.9 Å². The molecule has 0 saturated carbocycles. The highest BCUT2D eigenvalue weighted by Crippen LogP contribution is 2.33. The van der Waals surface area contributed by atoms with E-state index in [0.29, 0.717) is 18.4 Å². The minimum absolute atomic E-state index is 0.0765. The molecule has 2 atom stereocenters. The van der Waals surface area contributed by atoms with Crippen LogP contribution in [0.15, 0.2) is 42.5 Å². The number of hydrogen-bond acceptors (Lipinski definition) is 5. The summed E-state index contributed by atoms with van der Waals surface area (Å²) in [6, 6.07) is 11.2. The number of esters is 1. The minimum atomic E-state index is -0.335. The zero-order valence-corrected chi connectivity index (χ0v) is 12.5. The van der Waals surface area contributed by atoms with Crippen molar-refractivity contribution in [1.82, 2.24) is 0 Å². The molecule has 5 nitrogen and oxygen atoms in total. The van der Waals surface area contributed by atoms with Gasteiger partial charge in [-0.3, -0.25) is 4.79 Å². The van der Waals surface area contributed by atoms with Gasteiger partial charge < -0.3 is 20.1 Å². The average molecular weight is 314 g/mol. The molecule has 3 rings (SSSR count). The van der Waals surface area contributed by atoms with Gasteiger partial charge in [0.2, 0.25) is 0 Å². The molecule has 0 spiro atoms. The summed E-state index contributed by atoms with van der Waals surface area (Å²) >= 11 is 0. The average Bonchev–Trinajstić information content (AvgIpc) is 2.84. The molecule has 1 heterocycles. The van der Waals surface area contributed by atoms with Crippen LogP contribution >= 0.6 is 0 Å². The molecule has 0 aliphatic carbocycles. The van der Waals surface area contributed by atoms with E-state index in [1.165, 1.54) is 18.2 Å². The SMILES string of the molecule is O=C1OC[C@H](Cc2cc(O)ccc2O)[C@H]1Cc1cccc(O)c1. The molecule has 2 aromatic rings. The van der Waals surface area contributed by atoms with E-state index in [4.69, 9.17) is 4.74 Å². The van der Waals surface area contributed by atoms with E-state index in [2.05, 4.69) is 0 Å². The molecule has 23 heavy (non-hydrogen) atoms. The van der Waals surface area contributed by atoms with Crippen molar-refractivity contribution in [2.75, 3.05) is 6.61 Å². The molecule has 0 unspecified atom stereocenters. The molecule has 0 aromatic heterocycles. The summed E-state index contributed by atoms with van der Waals surface area (Å²) in [6.07, 6.45) is 0.910. The van der Waals surface area contributed by atoms with Crippen LogP contribution in [0.3, 0.4) is 0 Å². The first kappa shape index (κ1) is 15.2. The number of ether oxygens (including phenoxy) is 1. The van der Waals surface area contributed by atoms with E-state index in [0.717, 1.165) is 5.56 Å². The monoisotopic (exact) mass is 314 g/mol. The van der Waals surface area contributed by atoms with Gasteiger partial charge in [0, 0.05) is 5.92 Å².